The third-order valence-corrected chi connectivity index (χ3v) is 4.99. The van der Waals surface area contributed by atoms with Crippen LogP contribution in [0.3, 0.4) is 0 Å². The molecule has 6 nitrogen and oxygen atoms in total. The average molecular weight is 408 g/mol. The molecule has 0 bridgehead atoms. The van der Waals surface area contributed by atoms with Crippen LogP contribution < -0.4 is 10.3 Å². The summed E-state index contributed by atoms with van der Waals surface area (Å²) >= 11 is 0. The van der Waals surface area contributed by atoms with Crippen LogP contribution in [-0.2, 0) is 16.8 Å². The van der Waals surface area contributed by atoms with Crippen LogP contribution in [0, 0.1) is 0 Å². The lowest BCUT2D eigenvalue weighted by Crippen LogP contribution is -2.40. The van der Waals surface area contributed by atoms with Gasteiger partial charge in [0.15, 0.2) is 6.61 Å². The summed E-state index contributed by atoms with van der Waals surface area (Å²) in [6, 6.07) is 14.9. The van der Waals surface area contributed by atoms with Crippen LogP contribution in [0.4, 0.5) is 0 Å². The SMILES string of the molecule is CC(C)N(Cc1nc2ccccc2c(=O)[nH]1)C(=O)COc1cccc(C(C)(C)C)c1. The smallest absolute Gasteiger partial charge is 0.261 e. The van der Waals surface area contributed by atoms with Crippen LogP contribution >= 0.6 is 0 Å². The fourth-order valence-corrected chi connectivity index (χ4v) is 3.21. The van der Waals surface area contributed by atoms with Gasteiger partial charge in [-0.15, -0.1) is 0 Å². The number of nitrogens with one attached hydrogen (secondary N) is 1. The van der Waals surface area contributed by atoms with E-state index in [1.165, 1.54) is 0 Å². The summed E-state index contributed by atoms with van der Waals surface area (Å²) in [6.07, 6.45) is 0. The molecule has 0 saturated heterocycles. The Hall–Kier alpha value is -3.15. The Kier molecular flexibility index (Phi) is 6.25. The molecule has 0 spiro atoms. The molecule has 1 N–H and O–H groups in total. The molecule has 1 aromatic heterocycles. The molecule has 0 aliphatic heterocycles. The Morgan fingerprint density at radius 2 is 1.87 bits per heavy atom. The molecule has 0 atom stereocenters. The molecule has 3 rings (SSSR count). The summed E-state index contributed by atoms with van der Waals surface area (Å²) in [7, 11) is 0. The largest absolute Gasteiger partial charge is 0.484 e. The van der Waals surface area contributed by atoms with Crippen LogP contribution in [-0.4, -0.2) is 33.4 Å². The molecular formula is C24H29N3O3. The third kappa shape index (κ3) is 5.06. The Labute approximate surface area is 176 Å². The molecule has 3 aromatic rings. The predicted molar refractivity (Wildman–Crippen MR) is 119 cm³/mol. The van der Waals surface area contributed by atoms with E-state index in [9.17, 15) is 9.59 Å². The van der Waals surface area contributed by atoms with Crippen LogP contribution in [0.1, 0.15) is 46.0 Å². The highest BCUT2D eigenvalue weighted by atomic mass is 16.5. The maximum atomic E-state index is 12.9. The van der Waals surface area contributed by atoms with Gasteiger partial charge in [-0.05, 0) is 49.1 Å². The van der Waals surface area contributed by atoms with Crippen molar-refractivity contribution in [2.75, 3.05) is 6.61 Å². The molecule has 0 unspecified atom stereocenters. The first-order valence-electron chi connectivity index (χ1n) is 10.2. The van der Waals surface area contributed by atoms with Gasteiger partial charge in [0.05, 0.1) is 17.4 Å². The highest BCUT2D eigenvalue weighted by molar-refractivity contribution is 5.79. The van der Waals surface area contributed by atoms with E-state index >= 15 is 0 Å². The summed E-state index contributed by atoms with van der Waals surface area (Å²) in [6.45, 7) is 10.4. The molecule has 1 amide bonds. The first-order valence-corrected chi connectivity index (χ1v) is 10.2. The van der Waals surface area contributed by atoms with Crippen LogP contribution in [0.15, 0.2) is 53.3 Å². The molecule has 0 aliphatic carbocycles. The van der Waals surface area contributed by atoms with E-state index in [0.717, 1.165) is 5.56 Å². The highest BCUT2D eigenvalue weighted by Crippen LogP contribution is 2.25. The van der Waals surface area contributed by atoms with Gasteiger partial charge < -0.3 is 14.6 Å². The maximum Gasteiger partial charge on any atom is 0.261 e. The number of hydrogen-bond donors (Lipinski definition) is 1. The fourth-order valence-electron chi connectivity index (χ4n) is 3.21. The number of carbonyl (C=O) groups excluding carboxylic acids is 1. The minimum Gasteiger partial charge on any atom is -0.484 e. The number of fused-ring (bicyclic) bond motifs is 1. The number of aromatic nitrogens is 2. The van der Waals surface area contributed by atoms with Gasteiger partial charge in [0.1, 0.15) is 11.6 Å². The second-order valence-electron chi connectivity index (χ2n) is 8.71. The number of hydrogen-bond acceptors (Lipinski definition) is 4. The summed E-state index contributed by atoms with van der Waals surface area (Å²) in [5.41, 5.74) is 1.55. The van der Waals surface area contributed by atoms with E-state index in [4.69, 9.17) is 4.74 Å². The van der Waals surface area contributed by atoms with Gasteiger partial charge in [0.2, 0.25) is 0 Å². The van der Waals surface area contributed by atoms with Gasteiger partial charge in [-0.2, -0.15) is 0 Å². The summed E-state index contributed by atoms with van der Waals surface area (Å²) in [4.78, 5) is 34.1. The van der Waals surface area contributed by atoms with Gasteiger partial charge in [-0.3, -0.25) is 9.59 Å². The van der Waals surface area contributed by atoms with Gasteiger partial charge in [0.25, 0.3) is 11.5 Å². The van der Waals surface area contributed by atoms with Crippen molar-refractivity contribution >= 4 is 16.8 Å². The van der Waals surface area contributed by atoms with Crippen LogP contribution in [0.25, 0.3) is 10.9 Å². The number of carbonyl (C=O) groups is 1. The molecule has 1 heterocycles. The Morgan fingerprint density at radius 1 is 1.13 bits per heavy atom. The number of ether oxygens (including phenoxy) is 1. The minimum atomic E-state index is -0.206. The molecule has 30 heavy (non-hydrogen) atoms. The lowest BCUT2D eigenvalue weighted by atomic mass is 9.87. The zero-order valence-electron chi connectivity index (χ0n) is 18.2. The second-order valence-corrected chi connectivity index (χ2v) is 8.71. The minimum absolute atomic E-state index is 0.000964. The van der Waals surface area contributed by atoms with E-state index < -0.39 is 0 Å². The van der Waals surface area contributed by atoms with E-state index in [1.54, 1.807) is 23.1 Å². The zero-order chi connectivity index (χ0) is 21.9. The monoisotopic (exact) mass is 407 g/mol. The fraction of sp³-hybridized carbons (Fsp3) is 0.375. The molecule has 0 saturated carbocycles. The van der Waals surface area contributed by atoms with Crippen LogP contribution in [0.2, 0.25) is 0 Å². The van der Waals surface area contributed by atoms with Crippen molar-refractivity contribution in [1.82, 2.24) is 14.9 Å². The van der Waals surface area contributed by atoms with E-state index in [0.29, 0.717) is 22.5 Å². The molecular weight excluding hydrogens is 378 g/mol. The Morgan fingerprint density at radius 3 is 2.57 bits per heavy atom. The van der Waals surface area contributed by atoms with E-state index in [1.807, 2.05) is 38.1 Å². The average Bonchev–Trinajstić information content (AvgIpc) is 2.69. The lowest BCUT2D eigenvalue weighted by molar-refractivity contribution is -0.135. The maximum absolute atomic E-state index is 12.9. The molecule has 0 fully saturated rings. The van der Waals surface area contributed by atoms with Crippen molar-refractivity contribution in [2.45, 2.75) is 52.6 Å². The third-order valence-electron chi connectivity index (χ3n) is 4.99. The van der Waals surface area contributed by atoms with Gasteiger partial charge in [-0.1, -0.05) is 45.0 Å². The van der Waals surface area contributed by atoms with Gasteiger partial charge in [-0.25, -0.2) is 4.98 Å². The summed E-state index contributed by atoms with van der Waals surface area (Å²) < 4.78 is 5.78. The molecule has 6 heteroatoms. The van der Waals surface area contributed by atoms with Crippen molar-refractivity contribution in [2.24, 2.45) is 0 Å². The standard InChI is InChI=1S/C24H29N3O3/c1-16(2)27(14-21-25-20-12-7-6-11-19(20)23(29)26-21)22(28)15-30-18-10-8-9-17(13-18)24(3,4)5/h6-13,16H,14-15H2,1-5H3,(H,25,26,29). The normalized spacial score (nSPS) is 11.7. The number of H-pyrrole nitrogens is 1. The van der Waals surface area contributed by atoms with Gasteiger partial charge >= 0.3 is 0 Å². The molecule has 0 radical (unpaired) electrons. The molecule has 2 aromatic carbocycles. The lowest BCUT2D eigenvalue weighted by Gasteiger charge is -2.26. The van der Waals surface area contributed by atoms with Gasteiger partial charge in [0, 0.05) is 6.04 Å². The number of para-hydroxylation sites is 1. The topological polar surface area (TPSA) is 75.3 Å². The number of rotatable bonds is 6. The number of amides is 1. The summed E-state index contributed by atoms with van der Waals surface area (Å²) in [5, 5.41) is 0.533. The second kappa shape index (κ2) is 8.69. The van der Waals surface area contributed by atoms with Crippen molar-refractivity contribution in [3.8, 4) is 5.75 Å². The Bertz CT molecular complexity index is 1100. The highest BCUT2D eigenvalue weighted by Gasteiger charge is 2.20. The van der Waals surface area contributed by atoms with Crippen molar-refractivity contribution in [3.05, 3.63) is 70.3 Å². The summed E-state index contributed by atoms with van der Waals surface area (Å²) in [5.74, 6) is 0.953. The van der Waals surface area contributed by atoms with Crippen molar-refractivity contribution in [1.29, 1.82) is 0 Å². The predicted octanol–water partition coefficient (Wildman–Crippen LogP) is 4.04. The number of aromatic amines is 1. The van der Waals surface area contributed by atoms with E-state index in [-0.39, 0.29) is 36.1 Å². The first kappa shape index (κ1) is 21.6. The number of benzene rings is 2. The first-order chi connectivity index (χ1) is 14.1. The molecule has 158 valence electrons. The number of nitrogens with zero attached hydrogens (tertiary/aromatic N) is 2. The van der Waals surface area contributed by atoms with Crippen molar-refractivity contribution < 1.29 is 9.53 Å². The zero-order valence-corrected chi connectivity index (χ0v) is 18.2. The van der Waals surface area contributed by atoms with E-state index in [2.05, 4.69) is 36.8 Å². The van der Waals surface area contributed by atoms with Crippen molar-refractivity contribution in [3.63, 3.8) is 0 Å². The Balaban J connectivity index is 1.74. The quantitative estimate of drug-likeness (QED) is 0.669. The molecule has 0 aliphatic rings. The van der Waals surface area contributed by atoms with Crippen LogP contribution in [0.5, 0.6) is 5.75 Å².